The third kappa shape index (κ3) is 2.39. The lowest BCUT2D eigenvalue weighted by atomic mass is 10.1. The van der Waals surface area contributed by atoms with Crippen LogP contribution in [0.25, 0.3) is 21.5 Å². The first-order chi connectivity index (χ1) is 11.1. The Morgan fingerprint density at radius 3 is 2.78 bits per heavy atom. The highest BCUT2D eigenvalue weighted by Crippen LogP contribution is 2.28. The molecule has 1 fully saturated rings. The van der Waals surface area contributed by atoms with Gasteiger partial charge in [0.2, 0.25) is 0 Å². The number of anilines is 1. The number of aromatic nitrogens is 1. The molecule has 0 unspecified atom stereocenters. The van der Waals surface area contributed by atoms with Gasteiger partial charge in [-0.2, -0.15) is 0 Å². The van der Waals surface area contributed by atoms with E-state index in [2.05, 4.69) is 9.88 Å². The Kier molecular flexibility index (Phi) is 3.16. The molecular formula is C16H12N2O4S. The highest BCUT2D eigenvalue weighted by molar-refractivity contribution is 7.13. The lowest BCUT2D eigenvalue weighted by Crippen LogP contribution is -2.36. The maximum absolute atomic E-state index is 12.2. The van der Waals surface area contributed by atoms with Crippen LogP contribution in [-0.4, -0.2) is 29.1 Å². The van der Waals surface area contributed by atoms with Gasteiger partial charge in [0.05, 0.1) is 5.56 Å². The summed E-state index contributed by atoms with van der Waals surface area (Å²) in [7, 11) is 0. The van der Waals surface area contributed by atoms with Crippen LogP contribution < -0.4 is 10.5 Å². The normalized spacial score (nSPS) is 14.0. The molecule has 3 aromatic rings. The number of rotatable bonds is 3. The van der Waals surface area contributed by atoms with Crippen molar-refractivity contribution in [3.63, 3.8) is 0 Å². The van der Waals surface area contributed by atoms with E-state index in [0.29, 0.717) is 10.6 Å². The molecule has 0 atom stereocenters. The van der Waals surface area contributed by atoms with Gasteiger partial charge in [-0.05, 0) is 24.6 Å². The molecule has 1 aliphatic heterocycles. The molecule has 0 aliphatic carbocycles. The number of carbonyl (C=O) groups is 1. The van der Waals surface area contributed by atoms with Crippen LogP contribution in [0.5, 0.6) is 0 Å². The minimum Gasteiger partial charge on any atom is -0.476 e. The number of hydrogen-bond donors (Lipinski definition) is 1. The van der Waals surface area contributed by atoms with Gasteiger partial charge in [0, 0.05) is 35.6 Å². The SMILES string of the molecule is O=C(O)c1csc(-c2cc3ccc(N4CCC4)cc3oc2=O)n1. The molecule has 23 heavy (non-hydrogen) atoms. The van der Waals surface area contributed by atoms with Gasteiger partial charge in [-0.15, -0.1) is 11.3 Å². The van der Waals surface area contributed by atoms with Crippen molar-refractivity contribution < 1.29 is 14.3 Å². The van der Waals surface area contributed by atoms with E-state index in [4.69, 9.17) is 9.52 Å². The molecule has 1 aliphatic rings. The average molecular weight is 328 g/mol. The molecule has 6 nitrogen and oxygen atoms in total. The number of hydrogen-bond acceptors (Lipinski definition) is 6. The summed E-state index contributed by atoms with van der Waals surface area (Å²) < 4.78 is 5.41. The van der Waals surface area contributed by atoms with Crippen molar-refractivity contribution in [3.05, 3.63) is 45.8 Å². The summed E-state index contributed by atoms with van der Waals surface area (Å²) in [6.07, 6.45) is 1.18. The van der Waals surface area contributed by atoms with Gasteiger partial charge in [-0.1, -0.05) is 0 Å². The van der Waals surface area contributed by atoms with Crippen LogP contribution in [0.2, 0.25) is 0 Å². The van der Waals surface area contributed by atoms with Crippen LogP contribution in [-0.2, 0) is 0 Å². The van der Waals surface area contributed by atoms with E-state index < -0.39 is 11.6 Å². The number of benzene rings is 1. The van der Waals surface area contributed by atoms with Crippen molar-refractivity contribution in [3.8, 4) is 10.6 Å². The molecule has 7 heteroatoms. The second-order valence-corrected chi connectivity index (χ2v) is 6.21. The molecule has 1 aromatic carbocycles. The van der Waals surface area contributed by atoms with Crippen molar-refractivity contribution in [1.82, 2.24) is 4.98 Å². The number of carboxylic acids is 1. The van der Waals surface area contributed by atoms with Gasteiger partial charge in [-0.25, -0.2) is 14.6 Å². The number of carboxylic acid groups (broad SMARTS) is 1. The minimum absolute atomic E-state index is 0.0716. The zero-order valence-corrected chi connectivity index (χ0v) is 12.8. The molecule has 116 valence electrons. The summed E-state index contributed by atoms with van der Waals surface area (Å²) in [5, 5.41) is 11.5. The van der Waals surface area contributed by atoms with E-state index in [0.717, 1.165) is 35.5 Å². The first-order valence-electron chi connectivity index (χ1n) is 7.14. The van der Waals surface area contributed by atoms with E-state index in [-0.39, 0.29) is 11.3 Å². The Morgan fingerprint density at radius 1 is 1.30 bits per heavy atom. The van der Waals surface area contributed by atoms with Crippen molar-refractivity contribution in [2.45, 2.75) is 6.42 Å². The predicted octanol–water partition coefficient (Wildman–Crippen LogP) is 2.82. The second kappa shape index (κ2) is 5.20. The topological polar surface area (TPSA) is 83.6 Å². The average Bonchev–Trinajstić information content (AvgIpc) is 2.94. The molecule has 4 rings (SSSR count). The molecule has 1 N–H and O–H groups in total. The van der Waals surface area contributed by atoms with E-state index in [1.165, 1.54) is 11.8 Å². The Labute approximate surface area is 134 Å². The van der Waals surface area contributed by atoms with Crippen LogP contribution in [0, 0.1) is 0 Å². The Bertz CT molecular complexity index is 972. The molecule has 2 aromatic heterocycles. The lowest BCUT2D eigenvalue weighted by molar-refractivity contribution is 0.0691. The number of fused-ring (bicyclic) bond motifs is 1. The van der Waals surface area contributed by atoms with Crippen LogP contribution in [0.15, 0.2) is 38.9 Å². The summed E-state index contributed by atoms with van der Waals surface area (Å²) in [5.41, 5.74) is 1.27. The fourth-order valence-electron chi connectivity index (χ4n) is 2.52. The summed E-state index contributed by atoms with van der Waals surface area (Å²) in [6.45, 7) is 2.04. The summed E-state index contributed by atoms with van der Waals surface area (Å²) in [6, 6.07) is 7.46. The summed E-state index contributed by atoms with van der Waals surface area (Å²) in [5.74, 6) is -1.11. The molecule has 1 saturated heterocycles. The second-order valence-electron chi connectivity index (χ2n) is 5.35. The lowest BCUT2D eigenvalue weighted by Gasteiger charge is -2.33. The summed E-state index contributed by atoms with van der Waals surface area (Å²) in [4.78, 5) is 29.3. The fraction of sp³-hybridized carbons (Fsp3) is 0.188. The van der Waals surface area contributed by atoms with Crippen LogP contribution in [0.3, 0.4) is 0 Å². The van der Waals surface area contributed by atoms with Gasteiger partial charge in [0.15, 0.2) is 5.69 Å². The molecule has 0 radical (unpaired) electrons. The van der Waals surface area contributed by atoms with Gasteiger partial charge < -0.3 is 14.4 Å². The van der Waals surface area contributed by atoms with Crippen molar-refractivity contribution >= 4 is 34.0 Å². The Hall–Kier alpha value is -2.67. The monoisotopic (exact) mass is 328 g/mol. The number of thiazole rings is 1. The molecule has 3 heterocycles. The fourth-order valence-corrected chi connectivity index (χ4v) is 3.31. The van der Waals surface area contributed by atoms with Crippen molar-refractivity contribution in [2.24, 2.45) is 0 Å². The van der Waals surface area contributed by atoms with E-state index >= 15 is 0 Å². The zero-order chi connectivity index (χ0) is 16.0. The van der Waals surface area contributed by atoms with Gasteiger partial charge in [0.1, 0.15) is 10.6 Å². The Balaban J connectivity index is 1.80. The van der Waals surface area contributed by atoms with Gasteiger partial charge >= 0.3 is 11.6 Å². The third-order valence-electron chi connectivity index (χ3n) is 3.89. The number of nitrogens with zero attached hydrogens (tertiary/aromatic N) is 2. The maximum atomic E-state index is 12.2. The van der Waals surface area contributed by atoms with Crippen molar-refractivity contribution in [1.29, 1.82) is 0 Å². The van der Waals surface area contributed by atoms with Gasteiger partial charge in [-0.3, -0.25) is 0 Å². The highest BCUT2D eigenvalue weighted by Gasteiger charge is 2.17. The minimum atomic E-state index is -1.11. The quantitative estimate of drug-likeness (QED) is 0.744. The standard InChI is InChI=1S/C16H12N2O4S/c19-15(20)12-8-23-14(17-12)11-6-9-2-3-10(18-4-1-5-18)7-13(9)22-16(11)21/h2-3,6-8H,1,4-5H2,(H,19,20). The van der Waals surface area contributed by atoms with E-state index in [1.54, 1.807) is 6.07 Å². The van der Waals surface area contributed by atoms with E-state index in [1.807, 2.05) is 18.2 Å². The smallest absolute Gasteiger partial charge is 0.355 e. The predicted molar refractivity (Wildman–Crippen MR) is 87.4 cm³/mol. The molecular weight excluding hydrogens is 316 g/mol. The molecule has 0 bridgehead atoms. The first-order valence-corrected chi connectivity index (χ1v) is 8.02. The third-order valence-corrected chi connectivity index (χ3v) is 4.77. The number of aromatic carboxylic acids is 1. The maximum Gasteiger partial charge on any atom is 0.355 e. The molecule has 0 saturated carbocycles. The largest absolute Gasteiger partial charge is 0.476 e. The van der Waals surface area contributed by atoms with Crippen LogP contribution >= 0.6 is 11.3 Å². The van der Waals surface area contributed by atoms with E-state index in [9.17, 15) is 9.59 Å². The summed E-state index contributed by atoms with van der Waals surface area (Å²) >= 11 is 1.11. The molecule has 0 amide bonds. The van der Waals surface area contributed by atoms with Crippen molar-refractivity contribution in [2.75, 3.05) is 18.0 Å². The Morgan fingerprint density at radius 2 is 2.13 bits per heavy atom. The van der Waals surface area contributed by atoms with Gasteiger partial charge in [0.25, 0.3) is 0 Å². The zero-order valence-electron chi connectivity index (χ0n) is 12.0. The highest BCUT2D eigenvalue weighted by atomic mass is 32.1. The van der Waals surface area contributed by atoms with Crippen LogP contribution in [0.4, 0.5) is 5.69 Å². The molecule has 0 spiro atoms. The van der Waals surface area contributed by atoms with Crippen LogP contribution in [0.1, 0.15) is 16.9 Å². The first kappa shape index (κ1) is 14.0.